The molecule has 1 aromatic carbocycles. The summed E-state index contributed by atoms with van der Waals surface area (Å²) in [7, 11) is 0. The van der Waals surface area contributed by atoms with Gasteiger partial charge >= 0.3 is 0 Å². The molecule has 0 saturated heterocycles. The number of hydrogen-bond donors (Lipinski definition) is 1. The van der Waals surface area contributed by atoms with Crippen molar-refractivity contribution in [2.45, 2.75) is 13.0 Å². The van der Waals surface area contributed by atoms with Gasteiger partial charge in [-0.15, -0.1) is 16.4 Å². The molecule has 154 valence electrons. The lowest BCUT2D eigenvalue weighted by Gasteiger charge is -2.15. The zero-order valence-corrected chi connectivity index (χ0v) is 17.2. The minimum Gasteiger partial charge on any atom is -0.324 e. The second-order valence-corrected chi connectivity index (χ2v) is 7.76. The van der Waals surface area contributed by atoms with E-state index in [0.29, 0.717) is 11.5 Å². The van der Waals surface area contributed by atoms with Gasteiger partial charge in [0.1, 0.15) is 6.04 Å². The molecule has 5 aromatic rings. The highest BCUT2D eigenvalue weighted by Crippen LogP contribution is 2.24. The van der Waals surface area contributed by atoms with Crippen LogP contribution >= 0.6 is 11.3 Å². The van der Waals surface area contributed by atoms with Crippen LogP contribution in [0.25, 0.3) is 22.0 Å². The van der Waals surface area contributed by atoms with Crippen molar-refractivity contribution in [3.05, 3.63) is 83.0 Å². The molecule has 10 heteroatoms. The molecule has 31 heavy (non-hydrogen) atoms. The predicted octanol–water partition coefficient (Wildman–Crippen LogP) is 3.00. The lowest BCUT2D eigenvalue weighted by atomic mass is 10.1. The third-order valence-corrected chi connectivity index (χ3v) is 5.59. The van der Waals surface area contributed by atoms with Gasteiger partial charge in [0, 0.05) is 47.5 Å². The van der Waals surface area contributed by atoms with Crippen LogP contribution in [-0.2, 0) is 4.79 Å². The SMILES string of the molecule is CC(C(=O)Nc1cccc(-c2cn3ccsc3n2)c1)n1nc(-n2cccn2)ccc1=O. The van der Waals surface area contributed by atoms with Crippen LogP contribution < -0.4 is 10.9 Å². The van der Waals surface area contributed by atoms with Gasteiger partial charge in [0.15, 0.2) is 10.8 Å². The Labute approximate surface area is 180 Å². The predicted molar refractivity (Wildman–Crippen MR) is 117 cm³/mol. The maximum absolute atomic E-state index is 12.9. The number of nitrogens with one attached hydrogen (secondary N) is 1. The van der Waals surface area contributed by atoms with E-state index < -0.39 is 6.04 Å². The maximum atomic E-state index is 12.9. The van der Waals surface area contributed by atoms with Gasteiger partial charge in [-0.25, -0.2) is 14.3 Å². The van der Waals surface area contributed by atoms with Crippen molar-refractivity contribution in [3.63, 3.8) is 0 Å². The Kier molecular flexibility index (Phi) is 4.68. The van der Waals surface area contributed by atoms with Crippen molar-refractivity contribution >= 4 is 27.9 Å². The summed E-state index contributed by atoms with van der Waals surface area (Å²) in [6.45, 7) is 1.63. The summed E-state index contributed by atoms with van der Waals surface area (Å²) in [6.07, 6.45) is 7.23. The van der Waals surface area contributed by atoms with Crippen LogP contribution in [0.5, 0.6) is 0 Å². The number of carbonyl (C=O) groups excluding carboxylic acids is 1. The second-order valence-electron chi connectivity index (χ2n) is 6.89. The van der Waals surface area contributed by atoms with Crippen molar-refractivity contribution in [2.24, 2.45) is 0 Å². The number of amides is 1. The van der Waals surface area contributed by atoms with Crippen LogP contribution in [0.1, 0.15) is 13.0 Å². The summed E-state index contributed by atoms with van der Waals surface area (Å²) < 4.78 is 4.64. The third-order valence-electron chi connectivity index (χ3n) is 4.82. The smallest absolute Gasteiger partial charge is 0.267 e. The molecule has 5 rings (SSSR count). The van der Waals surface area contributed by atoms with Gasteiger partial charge in [-0.3, -0.25) is 14.0 Å². The van der Waals surface area contributed by atoms with Crippen LogP contribution in [0.4, 0.5) is 5.69 Å². The molecule has 1 unspecified atom stereocenters. The van der Waals surface area contributed by atoms with E-state index in [1.54, 1.807) is 48.9 Å². The standard InChI is InChI=1S/C21H17N7O2S/c1-14(28-19(29)7-6-18(25-28)27-9-3-8-22-27)20(30)23-16-5-2-4-15(12-16)17-13-26-10-11-31-21(26)24-17/h2-14H,1H3,(H,23,30). The molecule has 4 heterocycles. The van der Waals surface area contributed by atoms with Crippen molar-refractivity contribution in [2.75, 3.05) is 5.32 Å². The molecular formula is C21H17N7O2S. The summed E-state index contributed by atoms with van der Waals surface area (Å²) in [5.74, 6) is 0.0983. The largest absolute Gasteiger partial charge is 0.324 e. The maximum Gasteiger partial charge on any atom is 0.267 e. The molecule has 0 fully saturated rings. The highest BCUT2D eigenvalue weighted by atomic mass is 32.1. The summed E-state index contributed by atoms with van der Waals surface area (Å²) in [5.41, 5.74) is 1.95. The summed E-state index contributed by atoms with van der Waals surface area (Å²) in [4.78, 5) is 30.7. The van der Waals surface area contributed by atoms with E-state index in [1.165, 1.54) is 10.7 Å². The minimum absolute atomic E-state index is 0.352. The molecule has 0 aliphatic carbocycles. The molecule has 0 aliphatic rings. The molecule has 0 radical (unpaired) electrons. The van der Waals surface area contributed by atoms with Gasteiger partial charge in [0.25, 0.3) is 5.56 Å². The highest BCUT2D eigenvalue weighted by Gasteiger charge is 2.19. The summed E-state index contributed by atoms with van der Waals surface area (Å²) in [6, 6.07) is 11.3. The number of fused-ring (bicyclic) bond motifs is 1. The number of carbonyl (C=O) groups is 1. The van der Waals surface area contributed by atoms with Crippen molar-refractivity contribution in [3.8, 4) is 17.1 Å². The van der Waals surface area contributed by atoms with Crippen molar-refractivity contribution in [1.82, 2.24) is 28.9 Å². The molecular weight excluding hydrogens is 414 g/mol. The fourth-order valence-electron chi connectivity index (χ4n) is 3.20. The van der Waals surface area contributed by atoms with Crippen molar-refractivity contribution in [1.29, 1.82) is 0 Å². The normalized spacial score (nSPS) is 12.2. The van der Waals surface area contributed by atoms with Crippen LogP contribution in [0.15, 0.2) is 77.4 Å². The Bertz CT molecular complexity index is 1400. The van der Waals surface area contributed by atoms with E-state index >= 15 is 0 Å². The average Bonchev–Trinajstić information content (AvgIpc) is 3.51. The van der Waals surface area contributed by atoms with Gasteiger partial charge in [0.05, 0.1) is 5.69 Å². The topological polar surface area (TPSA) is 99.1 Å². The number of benzene rings is 1. The Morgan fingerprint density at radius 2 is 2.06 bits per heavy atom. The highest BCUT2D eigenvalue weighted by molar-refractivity contribution is 7.15. The first-order valence-electron chi connectivity index (χ1n) is 9.52. The zero-order valence-electron chi connectivity index (χ0n) is 16.4. The second kappa shape index (κ2) is 7.65. The van der Waals surface area contributed by atoms with Crippen molar-refractivity contribution < 1.29 is 4.79 Å². The van der Waals surface area contributed by atoms with E-state index in [0.717, 1.165) is 20.9 Å². The quantitative estimate of drug-likeness (QED) is 0.461. The van der Waals surface area contributed by atoms with E-state index in [4.69, 9.17) is 0 Å². The van der Waals surface area contributed by atoms with Gasteiger partial charge in [-0.2, -0.15) is 5.10 Å². The molecule has 4 aromatic heterocycles. The Morgan fingerprint density at radius 3 is 2.87 bits per heavy atom. The number of rotatable bonds is 5. The Morgan fingerprint density at radius 1 is 1.16 bits per heavy atom. The van der Waals surface area contributed by atoms with Gasteiger partial charge in [0.2, 0.25) is 5.91 Å². The minimum atomic E-state index is -0.815. The number of hydrogen-bond acceptors (Lipinski definition) is 6. The van der Waals surface area contributed by atoms with E-state index in [9.17, 15) is 9.59 Å². The lowest BCUT2D eigenvalue weighted by Crippen LogP contribution is -2.33. The first-order chi connectivity index (χ1) is 15.1. The molecule has 0 spiro atoms. The Balaban J connectivity index is 1.38. The molecule has 1 atom stereocenters. The van der Waals surface area contributed by atoms with Crippen LogP contribution in [0.2, 0.25) is 0 Å². The van der Waals surface area contributed by atoms with Gasteiger partial charge < -0.3 is 5.32 Å². The van der Waals surface area contributed by atoms with E-state index in [-0.39, 0.29) is 11.5 Å². The number of aromatic nitrogens is 6. The molecule has 0 saturated carbocycles. The fourth-order valence-corrected chi connectivity index (χ4v) is 3.90. The van der Waals surface area contributed by atoms with E-state index in [2.05, 4.69) is 20.5 Å². The van der Waals surface area contributed by atoms with Gasteiger partial charge in [-0.05, 0) is 31.2 Å². The molecule has 0 bridgehead atoms. The zero-order chi connectivity index (χ0) is 21.4. The van der Waals surface area contributed by atoms with Crippen LogP contribution in [0, 0.1) is 0 Å². The molecule has 1 N–H and O–H groups in total. The lowest BCUT2D eigenvalue weighted by molar-refractivity contribution is -0.119. The van der Waals surface area contributed by atoms with Crippen LogP contribution in [-0.4, -0.2) is 34.9 Å². The summed E-state index contributed by atoms with van der Waals surface area (Å²) in [5, 5.41) is 13.2. The number of imidazole rings is 1. The third kappa shape index (κ3) is 3.64. The average molecular weight is 431 g/mol. The van der Waals surface area contributed by atoms with E-state index in [1.807, 2.05) is 40.4 Å². The molecule has 1 amide bonds. The first-order valence-corrected chi connectivity index (χ1v) is 10.4. The fraction of sp³-hybridized carbons (Fsp3) is 0.0952. The monoisotopic (exact) mass is 431 g/mol. The summed E-state index contributed by atoms with van der Waals surface area (Å²) >= 11 is 1.56. The number of nitrogens with zero attached hydrogens (tertiary/aromatic N) is 6. The Hall–Kier alpha value is -4.05. The molecule has 9 nitrogen and oxygen atoms in total. The molecule has 0 aliphatic heterocycles. The number of anilines is 1. The van der Waals surface area contributed by atoms with Gasteiger partial charge in [-0.1, -0.05) is 12.1 Å². The van der Waals surface area contributed by atoms with Crippen LogP contribution in [0.3, 0.4) is 0 Å². The number of thiazole rings is 1. The first kappa shape index (κ1) is 18.9.